The second kappa shape index (κ2) is 7.30. The Morgan fingerprint density at radius 2 is 1.83 bits per heavy atom. The van der Waals surface area contributed by atoms with Crippen molar-refractivity contribution >= 4 is 16.8 Å². The number of ketones is 1. The molecule has 0 unspecified atom stereocenters. The molecule has 7 nitrogen and oxygen atoms in total. The van der Waals surface area contributed by atoms with Crippen LogP contribution in [-0.2, 0) is 0 Å². The highest BCUT2D eigenvalue weighted by Gasteiger charge is 2.31. The minimum absolute atomic E-state index is 0.186. The first-order valence-electron chi connectivity index (χ1n) is 8.40. The van der Waals surface area contributed by atoms with Gasteiger partial charge in [-0.1, -0.05) is 12.1 Å². The van der Waals surface area contributed by atoms with E-state index >= 15 is 0 Å². The van der Waals surface area contributed by atoms with Gasteiger partial charge in [-0.25, -0.2) is 4.98 Å². The SMILES string of the molecule is O=C(COc1cc(-c2nc3ccccc3[nH]2)[nH]n1)c1ccc(OC(F)(F)F)cc1. The average Bonchev–Trinajstić information content (AvgIpc) is 3.32. The molecular formula is C19H13F3N4O3. The number of ether oxygens (including phenoxy) is 2. The number of hydrogen-bond acceptors (Lipinski definition) is 5. The highest BCUT2D eigenvalue weighted by Crippen LogP contribution is 2.24. The molecular weight excluding hydrogens is 389 g/mol. The first-order valence-corrected chi connectivity index (χ1v) is 8.40. The maximum absolute atomic E-state index is 12.2. The zero-order valence-electron chi connectivity index (χ0n) is 14.7. The number of halogens is 3. The lowest BCUT2D eigenvalue weighted by Gasteiger charge is -2.09. The maximum atomic E-state index is 12.2. The Kier molecular flexibility index (Phi) is 4.67. The first-order chi connectivity index (χ1) is 13.9. The average molecular weight is 402 g/mol. The fourth-order valence-corrected chi connectivity index (χ4v) is 2.64. The van der Waals surface area contributed by atoms with Crippen LogP contribution in [0.15, 0.2) is 54.6 Å². The molecule has 148 valence electrons. The van der Waals surface area contributed by atoms with E-state index in [1.165, 1.54) is 12.1 Å². The van der Waals surface area contributed by atoms with Crippen LogP contribution in [0.5, 0.6) is 11.6 Å². The predicted molar refractivity (Wildman–Crippen MR) is 96.6 cm³/mol. The third kappa shape index (κ3) is 4.37. The van der Waals surface area contributed by atoms with Crippen molar-refractivity contribution in [3.05, 3.63) is 60.2 Å². The molecule has 2 aromatic heterocycles. The normalized spacial score (nSPS) is 11.6. The Morgan fingerprint density at radius 1 is 1.07 bits per heavy atom. The zero-order chi connectivity index (χ0) is 20.4. The second-order valence-electron chi connectivity index (χ2n) is 6.01. The number of para-hydroxylation sites is 2. The molecule has 2 N–H and O–H groups in total. The number of rotatable bonds is 6. The van der Waals surface area contributed by atoms with E-state index in [0.29, 0.717) is 11.5 Å². The molecule has 2 heterocycles. The lowest BCUT2D eigenvalue weighted by Crippen LogP contribution is -2.17. The number of imidazole rings is 1. The number of hydrogen-bond donors (Lipinski definition) is 2. The summed E-state index contributed by atoms with van der Waals surface area (Å²) in [7, 11) is 0. The second-order valence-corrected chi connectivity index (χ2v) is 6.01. The summed E-state index contributed by atoms with van der Waals surface area (Å²) in [6, 6.07) is 13.7. The summed E-state index contributed by atoms with van der Waals surface area (Å²) in [6.07, 6.45) is -4.79. The number of nitrogens with zero attached hydrogens (tertiary/aromatic N) is 2. The molecule has 4 aromatic rings. The number of Topliss-reactive ketones (excluding diaryl/α,β-unsaturated/α-hetero) is 1. The van der Waals surface area contributed by atoms with Gasteiger partial charge in [-0.15, -0.1) is 18.3 Å². The Balaban J connectivity index is 1.38. The number of alkyl halides is 3. The molecule has 0 spiro atoms. The largest absolute Gasteiger partial charge is 0.573 e. The maximum Gasteiger partial charge on any atom is 0.573 e. The van der Waals surface area contributed by atoms with E-state index in [9.17, 15) is 18.0 Å². The Labute approximate surface area is 161 Å². The summed E-state index contributed by atoms with van der Waals surface area (Å²) < 4.78 is 45.6. The van der Waals surface area contributed by atoms with Crippen LogP contribution in [0.2, 0.25) is 0 Å². The third-order valence-electron chi connectivity index (χ3n) is 3.96. The van der Waals surface area contributed by atoms with Crippen LogP contribution in [0, 0.1) is 0 Å². The summed E-state index contributed by atoms with van der Waals surface area (Å²) in [5, 5.41) is 6.75. The summed E-state index contributed by atoms with van der Waals surface area (Å²) in [5.41, 5.74) is 2.44. The molecule has 2 aromatic carbocycles. The van der Waals surface area contributed by atoms with Crippen molar-refractivity contribution in [2.75, 3.05) is 6.61 Å². The van der Waals surface area contributed by atoms with Crippen LogP contribution >= 0.6 is 0 Å². The van der Waals surface area contributed by atoms with E-state index in [2.05, 4.69) is 24.9 Å². The highest BCUT2D eigenvalue weighted by atomic mass is 19.4. The number of carbonyl (C=O) groups excluding carboxylic acids is 1. The van der Waals surface area contributed by atoms with Crippen molar-refractivity contribution in [1.29, 1.82) is 0 Å². The molecule has 4 rings (SSSR count). The van der Waals surface area contributed by atoms with Gasteiger partial charge in [-0.05, 0) is 36.4 Å². The van der Waals surface area contributed by atoms with E-state index in [1.807, 2.05) is 24.3 Å². The van der Waals surface area contributed by atoms with Gasteiger partial charge in [0, 0.05) is 11.6 Å². The Bertz CT molecular complexity index is 1120. The van der Waals surface area contributed by atoms with Crippen LogP contribution in [0.4, 0.5) is 13.2 Å². The van der Waals surface area contributed by atoms with Crippen LogP contribution in [0.3, 0.4) is 0 Å². The summed E-state index contributed by atoms with van der Waals surface area (Å²) >= 11 is 0. The summed E-state index contributed by atoms with van der Waals surface area (Å²) in [4.78, 5) is 19.7. The fraction of sp³-hybridized carbons (Fsp3) is 0.105. The lowest BCUT2D eigenvalue weighted by molar-refractivity contribution is -0.274. The zero-order valence-corrected chi connectivity index (χ0v) is 14.7. The summed E-state index contributed by atoms with van der Waals surface area (Å²) in [6.45, 7) is -0.329. The predicted octanol–water partition coefficient (Wildman–Crippen LogP) is 4.11. The van der Waals surface area contributed by atoms with Crippen molar-refractivity contribution in [2.45, 2.75) is 6.36 Å². The topological polar surface area (TPSA) is 92.9 Å². The first kappa shape index (κ1) is 18.5. The molecule has 0 aliphatic carbocycles. The monoisotopic (exact) mass is 402 g/mol. The molecule has 0 amide bonds. The standard InChI is InChI=1S/C19H13F3N4O3/c20-19(21,22)29-12-7-5-11(6-8-12)16(27)10-28-17-9-15(25-26-17)18-23-13-3-1-2-4-14(13)24-18/h1-9H,10H2,(H,23,24)(H,25,26). The number of H-pyrrole nitrogens is 2. The molecule has 0 bridgehead atoms. The van der Waals surface area contributed by atoms with Crippen molar-refractivity contribution in [3.8, 4) is 23.1 Å². The molecule has 0 aliphatic rings. The molecule has 0 saturated heterocycles. The van der Waals surface area contributed by atoms with Crippen molar-refractivity contribution in [1.82, 2.24) is 20.2 Å². The Morgan fingerprint density at radius 3 is 2.55 bits per heavy atom. The van der Waals surface area contributed by atoms with Gasteiger partial charge >= 0.3 is 6.36 Å². The number of carbonyl (C=O) groups is 1. The van der Waals surface area contributed by atoms with E-state index in [1.54, 1.807) is 6.07 Å². The van der Waals surface area contributed by atoms with Gasteiger partial charge in [0.1, 0.15) is 11.4 Å². The van der Waals surface area contributed by atoms with E-state index in [-0.39, 0.29) is 18.1 Å². The van der Waals surface area contributed by atoms with Crippen LogP contribution in [-0.4, -0.2) is 38.9 Å². The fourth-order valence-electron chi connectivity index (χ4n) is 2.64. The van der Waals surface area contributed by atoms with Gasteiger partial charge in [-0.3, -0.25) is 9.89 Å². The van der Waals surface area contributed by atoms with Gasteiger partial charge in [0.2, 0.25) is 5.88 Å². The number of fused-ring (bicyclic) bond motifs is 1. The number of aromatic nitrogens is 4. The van der Waals surface area contributed by atoms with Crippen LogP contribution < -0.4 is 9.47 Å². The quantitative estimate of drug-likeness (QED) is 0.474. The molecule has 10 heteroatoms. The van der Waals surface area contributed by atoms with E-state index in [4.69, 9.17) is 4.74 Å². The molecule has 0 aliphatic heterocycles. The Hall–Kier alpha value is -3.82. The summed E-state index contributed by atoms with van der Waals surface area (Å²) in [5.74, 6) is -0.0689. The number of aromatic amines is 2. The van der Waals surface area contributed by atoms with E-state index < -0.39 is 17.9 Å². The van der Waals surface area contributed by atoms with Crippen molar-refractivity contribution in [3.63, 3.8) is 0 Å². The number of nitrogens with one attached hydrogen (secondary N) is 2. The molecule has 0 fully saturated rings. The van der Waals surface area contributed by atoms with Gasteiger partial charge in [-0.2, -0.15) is 0 Å². The van der Waals surface area contributed by atoms with Gasteiger partial charge in [0.15, 0.2) is 18.2 Å². The van der Waals surface area contributed by atoms with Crippen molar-refractivity contribution in [2.24, 2.45) is 0 Å². The minimum Gasteiger partial charge on any atom is -0.468 e. The highest BCUT2D eigenvalue weighted by molar-refractivity contribution is 5.97. The molecule has 0 saturated carbocycles. The van der Waals surface area contributed by atoms with Gasteiger partial charge in [0.05, 0.1) is 11.0 Å². The smallest absolute Gasteiger partial charge is 0.468 e. The van der Waals surface area contributed by atoms with E-state index in [0.717, 1.165) is 23.2 Å². The van der Waals surface area contributed by atoms with Crippen LogP contribution in [0.25, 0.3) is 22.6 Å². The molecule has 0 atom stereocenters. The third-order valence-corrected chi connectivity index (χ3v) is 3.96. The molecule has 0 radical (unpaired) electrons. The number of benzene rings is 2. The van der Waals surface area contributed by atoms with Gasteiger partial charge in [0.25, 0.3) is 0 Å². The van der Waals surface area contributed by atoms with Crippen molar-refractivity contribution < 1.29 is 27.4 Å². The lowest BCUT2D eigenvalue weighted by atomic mass is 10.1. The molecule has 29 heavy (non-hydrogen) atoms. The van der Waals surface area contributed by atoms with Gasteiger partial charge < -0.3 is 14.5 Å². The minimum atomic E-state index is -4.79. The van der Waals surface area contributed by atoms with Crippen LogP contribution in [0.1, 0.15) is 10.4 Å².